The van der Waals surface area contributed by atoms with Gasteiger partial charge in [-0.15, -0.1) is 0 Å². The maximum atomic E-state index is 10.7. The molecule has 0 aromatic heterocycles. The summed E-state index contributed by atoms with van der Waals surface area (Å²) < 4.78 is 0. The SMILES string of the molecule is O=C(O)c1ccc(CN2CC=CCC2)cc1. The first-order valence-corrected chi connectivity index (χ1v) is 5.45. The summed E-state index contributed by atoms with van der Waals surface area (Å²) in [4.78, 5) is 13.0. The highest BCUT2D eigenvalue weighted by atomic mass is 16.4. The lowest BCUT2D eigenvalue weighted by Crippen LogP contribution is -2.26. The van der Waals surface area contributed by atoms with Crippen LogP contribution in [0.15, 0.2) is 36.4 Å². The minimum Gasteiger partial charge on any atom is -0.478 e. The highest BCUT2D eigenvalue weighted by Crippen LogP contribution is 2.10. The number of aromatic carboxylic acids is 1. The summed E-state index contributed by atoms with van der Waals surface area (Å²) in [5.74, 6) is -0.868. The lowest BCUT2D eigenvalue weighted by atomic mass is 10.1. The molecule has 3 heteroatoms. The molecule has 0 amide bonds. The fourth-order valence-corrected chi connectivity index (χ4v) is 1.84. The largest absolute Gasteiger partial charge is 0.478 e. The van der Waals surface area contributed by atoms with E-state index in [0.29, 0.717) is 5.56 Å². The van der Waals surface area contributed by atoms with Crippen molar-refractivity contribution >= 4 is 5.97 Å². The fourth-order valence-electron chi connectivity index (χ4n) is 1.84. The van der Waals surface area contributed by atoms with Gasteiger partial charge in [0.25, 0.3) is 0 Å². The molecule has 0 unspecified atom stereocenters. The summed E-state index contributed by atoms with van der Waals surface area (Å²) in [6.07, 6.45) is 5.48. The molecule has 0 saturated heterocycles. The van der Waals surface area contributed by atoms with Gasteiger partial charge in [0.1, 0.15) is 0 Å². The monoisotopic (exact) mass is 217 g/mol. The van der Waals surface area contributed by atoms with Gasteiger partial charge in [-0.3, -0.25) is 4.90 Å². The molecule has 1 aromatic carbocycles. The zero-order valence-corrected chi connectivity index (χ0v) is 9.10. The van der Waals surface area contributed by atoms with Crippen LogP contribution in [-0.2, 0) is 6.54 Å². The van der Waals surface area contributed by atoms with E-state index in [0.717, 1.165) is 26.1 Å². The van der Waals surface area contributed by atoms with E-state index in [-0.39, 0.29) is 0 Å². The van der Waals surface area contributed by atoms with Crippen LogP contribution < -0.4 is 0 Å². The zero-order chi connectivity index (χ0) is 11.4. The first-order valence-electron chi connectivity index (χ1n) is 5.45. The van der Waals surface area contributed by atoms with Gasteiger partial charge in [0.15, 0.2) is 0 Å². The highest BCUT2D eigenvalue weighted by Gasteiger charge is 2.07. The van der Waals surface area contributed by atoms with Gasteiger partial charge in [0.05, 0.1) is 5.56 Å². The van der Waals surface area contributed by atoms with Gasteiger partial charge in [-0.05, 0) is 24.1 Å². The lowest BCUT2D eigenvalue weighted by Gasteiger charge is -2.22. The third-order valence-electron chi connectivity index (χ3n) is 2.75. The molecule has 84 valence electrons. The standard InChI is InChI=1S/C13H15NO2/c15-13(16)12-6-4-11(5-7-12)10-14-8-2-1-3-9-14/h1-2,4-7H,3,8-10H2,(H,15,16). The van der Waals surface area contributed by atoms with Crippen LogP contribution in [0.2, 0.25) is 0 Å². The van der Waals surface area contributed by atoms with Crippen LogP contribution in [0, 0.1) is 0 Å². The van der Waals surface area contributed by atoms with E-state index in [4.69, 9.17) is 5.11 Å². The van der Waals surface area contributed by atoms with Crippen LogP contribution >= 0.6 is 0 Å². The molecule has 0 spiro atoms. The van der Waals surface area contributed by atoms with Gasteiger partial charge in [-0.2, -0.15) is 0 Å². The zero-order valence-electron chi connectivity index (χ0n) is 9.10. The van der Waals surface area contributed by atoms with Crippen LogP contribution in [0.4, 0.5) is 0 Å². The molecule has 1 aliphatic rings. The Morgan fingerprint density at radius 1 is 1.25 bits per heavy atom. The minimum absolute atomic E-state index is 0.349. The second kappa shape index (κ2) is 4.94. The van der Waals surface area contributed by atoms with Crippen molar-refractivity contribution in [2.45, 2.75) is 13.0 Å². The molecule has 0 fully saturated rings. The van der Waals surface area contributed by atoms with Crippen LogP contribution in [0.5, 0.6) is 0 Å². The third kappa shape index (κ3) is 2.70. The smallest absolute Gasteiger partial charge is 0.335 e. The fraction of sp³-hybridized carbons (Fsp3) is 0.308. The predicted octanol–water partition coefficient (Wildman–Crippen LogP) is 2.15. The summed E-state index contributed by atoms with van der Waals surface area (Å²) in [5.41, 5.74) is 1.52. The summed E-state index contributed by atoms with van der Waals surface area (Å²) >= 11 is 0. The second-order valence-electron chi connectivity index (χ2n) is 4.00. The van der Waals surface area contributed by atoms with E-state index in [2.05, 4.69) is 17.1 Å². The van der Waals surface area contributed by atoms with Crippen molar-refractivity contribution in [2.24, 2.45) is 0 Å². The number of rotatable bonds is 3. The van der Waals surface area contributed by atoms with E-state index in [1.165, 1.54) is 5.56 Å². The van der Waals surface area contributed by atoms with Crippen molar-refractivity contribution in [1.82, 2.24) is 4.90 Å². The van der Waals surface area contributed by atoms with Crippen molar-refractivity contribution < 1.29 is 9.90 Å². The van der Waals surface area contributed by atoms with Crippen molar-refractivity contribution in [3.05, 3.63) is 47.5 Å². The number of hydrogen-bond acceptors (Lipinski definition) is 2. The Morgan fingerprint density at radius 3 is 2.56 bits per heavy atom. The normalized spacial score (nSPS) is 16.2. The van der Waals surface area contributed by atoms with Crippen LogP contribution in [0.3, 0.4) is 0 Å². The second-order valence-corrected chi connectivity index (χ2v) is 4.00. The summed E-state index contributed by atoms with van der Waals surface area (Å²) in [7, 11) is 0. The van der Waals surface area contributed by atoms with E-state index in [1.54, 1.807) is 12.1 Å². The van der Waals surface area contributed by atoms with Crippen LogP contribution in [0.1, 0.15) is 22.3 Å². The predicted molar refractivity (Wildman–Crippen MR) is 62.4 cm³/mol. The summed E-state index contributed by atoms with van der Waals surface area (Å²) in [6, 6.07) is 7.11. The highest BCUT2D eigenvalue weighted by molar-refractivity contribution is 5.87. The van der Waals surface area contributed by atoms with Crippen LogP contribution in [-0.4, -0.2) is 29.1 Å². The van der Waals surface area contributed by atoms with E-state index < -0.39 is 5.97 Å². The first kappa shape index (κ1) is 10.9. The first-order chi connectivity index (χ1) is 7.75. The molecule has 1 heterocycles. The average molecular weight is 217 g/mol. The van der Waals surface area contributed by atoms with Gasteiger partial charge in [-0.25, -0.2) is 4.79 Å². The summed E-state index contributed by atoms with van der Waals surface area (Å²) in [6.45, 7) is 2.96. The Kier molecular flexibility index (Phi) is 3.37. The molecule has 0 atom stereocenters. The quantitative estimate of drug-likeness (QED) is 0.789. The van der Waals surface area contributed by atoms with Crippen molar-refractivity contribution in [3.8, 4) is 0 Å². The molecule has 1 N–H and O–H groups in total. The summed E-state index contributed by atoms with van der Waals surface area (Å²) in [5, 5.41) is 8.78. The number of carboxylic acid groups (broad SMARTS) is 1. The number of carboxylic acids is 1. The minimum atomic E-state index is -0.868. The van der Waals surface area contributed by atoms with Crippen LogP contribution in [0.25, 0.3) is 0 Å². The van der Waals surface area contributed by atoms with Crippen molar-refractivity contribution in [2.75, 3.05) is 13.1 Å². The Morgan fingerprint density at radius 2 is 2.00 bits per heavy atom. The Balaban J connectivity index is 1.99. The molecular formula is C13H15NO2. The number of hydrogen-bond donors (Lipinski definition) is 1. The van der Waals surface area contributed by atoms with Crippen molar-refractivity contribution in [1.29, 1.82) is 0 Å². The molecule has 0 radical (unpaired) electrons. The maximum Gasteiger partial charge on any atom is 0.335 e. The van der Waals surface area contributed by atoms with E-state index in [1.807, 2.05) is 12.1 Å². The number of nitrogens with zero attached hydrogens (tertiary/aromatic N) is 1. The Labute approximate surface area is 95.0 Å². The molecule has 1 aromatic rings. The van der Waals surface area contributed by atoms with Crippen molar-refractivity contribution in [3.63, 3.8) is 0 Å². The van der Waals surface area contributed by atoms with E-state index >= 15 is 0 Å². The van der Waals surface area contributed by atoms with Gasteiger partial charge in [0, 0.05) is 19.6 Å². The molecule has 2 rings (SSSR count). The number of benzene rings is 1. The Bertz CT molecular complexity index is 395. The molecule has 0 saturated carbocycles. The van der Waals surface area contributed by atoms with Gasteiger partial charge >= 0.3 is 5.97 Å². The topological polar surface area (TPSA) is 40.5 Å². The number of carbonyl (C=O) groups is 1. The third-order valence-corrected chi connectivity index (χ3v) is 2.75. The maximum absolute atomic E-state index is 10.7. The average Bonchev–Trinajstić information content (AvgIpc) is 2.31. The van der Waals surface area contributed by atoms with Gasteiger partial charge in [-0.1, -0.05) is 24.3 Å². The molecule has 16 heavy (non-hydrogen) atoms. The molecule has 0 aliphatic carbocycles. The van der Waals surface area contributed by atoms with E-state index in [9.17, 15) is 4.79 Å². The molecule has 3 nitrogen and oxygen atoms in total. The molecule has 1 aliphatic heterocycles. The lowest BCUT2D eigenvalue weighted by molar-refractivity contribution is 0.0697. The van der Waals surface area contributed by atoms with Gasteiger partial charge in [0.2, 0.25) is 0 Å². The Hall–Kier alpha value is -1.61. The van der Waals surface area contributed by atoms with Gasteiger partial charge < -0.3 is 5.11 Å². The molecule has 0 bridgehead atoms. The molecular weight excluding hydrogens is 202 g/mol.